The average molecular weight is 374 g/mol. The number of carbonyl (C=O) groups is 2. The molecule has 2 saturated heterocycles. The summed E-state index contributed by atoms with van der Waals surface area (Å²) in [5, 5.41) is 6.57. The Balaban J connectivity index is 1.58. The number of amides is 2. The zero-order chi connectivity index (χ0) is 19.2. The number of piperazine rings is 1. The summed E-state index contributed by atoms with van der Waals surface area (Å²) in [6.07, 6.45) is 1.64. The standard InChI is InChI=1S/C20H30N4O3/c1-15(25)23-10-7-16(8-11-23)22-20(26)14-24-12-9-21-13-18(24)17-5-3-4-6-19(17)27-2/h3-6,16,18,21H,7-14H2,1-2H3,(H,22,26). The van der Waals surface area contributed by atoms with E-state index in [0.717, 1.165) is 56.9 Å². The van der Waals surface area contributed by atoms with E-state index in [1.54, 1.807) is 14.0 Å². The summed E-state index contributed by atoms with van der Waals surface area (Å²) < 4.78 is 5.52. The lowest BCUT2D eigenvalue weighted by Crippen LogP contribution is -2.52. The van der Waals surface area contributed by atoms with E-state index in [0.29, 0.717) is 6.54 Å². The summed E-state index contributed by atoms with van der Waals surface area (Å²) in [7, 11) is 1.68. The minimum atomic E-state index is 0.0538. The van der Waals surface area contributed by atoms with E-state index in [4.69, 9.17) is 4.74 Å². The number of hydrogen-bond donors (Lipinski definition) is 2. The molecule has 0 aliphatic carbocycles. The lowest BCUT2D eigenvalue weighted by atomic mass is 10.0. The fraction of sp³-hybridized carbons (Fsp3) is 0.600. The van der Waals surface area contributed by atoms with Gasteiger partial charge in [0.15, 0.2) is 0 Å². The van der Waals surface area contributed by atoms with Crippen molar-refractivity contribution in [1.82, 2.24) is 20.4 Å². The Bertz CT molecular complexity index is 658. The minimum Gasteiger partial charge on any atom is -0.496 e. The van der Waals surface area contributed by atoms with Crippen molar-refractivity contribution in [2.24, 2.45) is 0 Å². The van der Waals surface area contributed by atoms with Crippen LogP contribution in [-0.2, 0) is 9.59 Å². The van der Waals surface area contributed by atoms with Gasteiger partial charge >= 0.3 is 0 Å². The molecule has 0 aromatic heterocycles. The largest absolute Gasteiger partial charge is 0.496 e. The van der Waals surface area contributed by atoms with Gasteiger partial charge in [-0.05, 0) is 18.9 Å². The number of methoxy groups -OCH3 is 1. The number of benzene rings is 1. The predicted molar refractivity (Wildman–Crippen MR) is 104 cm³/mol. The number of nitrogens with zero attached hydrogens (tertiary/aromatic N) is 2. The first-order valence-corrected chi connectivity index (χ1v) is 9.71. The zero-order valence-electron chi connectivity index (χ0n) is 16.2. The third-order valence-corrected chi connectivity index (χ3v) is 5.50. The summed E-state index contributed by atoms with van der Waals surface area (Å²) in [4.78, 5) is 28.1. The van der Waals surface area contributed by atoms with Crippen LogP contribution in [0.25, 0.3) is 0 Å². The van der Waals surface area contributed by atoms with Crippen molar-refractivity contribution in [3.63, 3.8) is 0 Å². The molecule has 27 heavy (non-hydrogen) atoms. The SMILES string of the molecule is COc1ccccc1C1CNCCN1CC(=O)NC1CCN(C(C)=O)CC1. The molecule has 2 aliphatic rings. The minimum absolute atomic E-state index is 0.0538. The number of hydrogen-bond acceptors (Lipinski definition) is 5. The highest BCUT2D eigenvalue weighted by Crippen LogP contribution is 2.29. The molecule has 0 bridgehead atoms. The highest BCUT2D eigenvalue weighted by molar-refractivity contribution is 5.78. The van der Waals surface area contributed by atoms with Gasteiger partial charge in [-0.15, -0.1) is 0 Å². The molecule has 1 aromatic rings. The van der Waals surface area contributed by atoms with Crippen molar-refractivity contribution in [2.45, 2.75) is 31.8 Å². The zero-order valence-corrected chi connectivity index (χ0v) is 16.2. The number of piperidine rings is 1. The molecule has 7 nitrogen and oxygen atoms in total. The first-order chi connectivity index (χ1) is 13.1. The Kier molecular flexibility index (Phi) is 6.68. The summed E-state index contributed by atoms with van der Waals surface area (Å²) in [5.74, 6) is 1.02. The fourth-order valence-electron chi connectivity index (χ4n) is 3.98. The van der Waals surface area contributed by atoms with Gasteiger partial charge in [0.05, 0.1) is 19.7 Å². The Morgan fingerprint density at radius 3 is 2.67 bits per heavy atom. The van der Waals surface area contributed by atoms with Crippen molar-refractivity contribution in [3.05, 3.63) is 29.8 Å². The molecule has 1 atom stereocenters. The van der Waals surface area contributed by atoms with E-state index in [1.165, 1.54) is 0 Å². The van der Waals surface area contributed by atoms with Gasteiger partial charge in [0.25, 0.3) is 0 Å². The third kappa shape index (κ3) is 4.99. The molecule has 1 unspecified atom stereocenters. The molecule has 0 saturated carbocycles. The van der Waals surface area contributed by atoms with E-state index in [1.807, 2.05) is 23.1 Å². The normalized spacial score (nSPS) is 21.7. The van der Waals surface area contributed by atoms with E-state index >= 15 is 0 Å². The molecule has 148 valence electrons. The van der Waals surface area contributed by atoms with Gasteiger partial charge in [0, 0.05) is 51.3 Å². The van der Waals surface area contributed by atoms with Crippen LogP contribution in [-0.4, -0.2) is 74.0 Å². The van der Waals surface area contributed by atoms with Gasteiger partial charge in [-0.3, -0.25) is 14.5 Å². The van der Waals surface area contributed by atoms with Crippen molar-refractivity contribution in [3.8, 4) is 5.75 Å². The lowest BCUT2D eigenvalue weighted by Gasteiger charge is -2.37. The van der Waals surface area contributed by atoms with Gasteiger partial charge in [0.2, 0.25) is 11.8 Å². The predicted octanol–water partition coefficient (Wildman–Crippen LogP) is 0.769. The van der Waals surface area contributed by atoms with Crippen molar-refractivity contribution in [2.75, 3.05) is 46.4 Å². The van der Waals surface area contributed by atoms with E-state index in [2.05, 4.69) is 21.6 Å². The van der Waals surface area contributed by atoms with E-state index in [-0.39, 0.29) is 23.9 Å². The number of carbonyl (C=O) groups excluding carboxylic acids is 2. The van der Waals surface area contributed by atoms with Gasteiger partial charge in [-0.25, -0.2) is 0 Å². The average Bonchev–Trinajstić information content (AvgIpc) is 2.68. The monoisotopic (exact) mass is 374 g/mol. The molecule has 2 fully saturated rings. The van der Waals surface area contributed by atoms with Gasteiger partial charge in [-0.1, -0.05) is 18.2 Å². The number of para-hydroxylation sites is 1. The van der Waals surface area contributed by atoms with Crippen molar-refractivity contribution in [1.29, 1.82) is 0 Å². The topological polar surface area (TPSA) is 73.9 Å². The molecule has 0 radical (unpaired) electrons. The maximum Gasteiger partial charge on any atom is 0.234 e. The second-order valence-corrected chi connectivity index (χ2v) is 7.28. The van der Waals surface area contributed by atoms with Crippen LogP contribution in [0.4, 0.5) is 0 Å². The molecule has 2 heterocycles. The first kappa shape index (κ1) is 19.6. The van der Waals surface area contributed by atoms with Crippen LogP contribution in [0.15, 0.2) is 24.3 Å². The van der Waals surface area contributed by atoms with Gasteiger partial charge < -0.3 is 20.3 Å². The number of likely N-dealkylation sites (tertiary alicyclic amines) is 1. The van der Waals surface area contributed by atoms with Gasteiger partial charge in [0.1, 0.15) is 5.75 Å². The van der Waals surface area contributed by atoms with Crippen LogP contribution in [0.2, 0.25) is 0 Å². The Labute approximate surface area is 161 Å². The Morgan fingerprint density at radius 1 is 1.22 bits per heavy atom. The molecule has 0 spiro atoms. The van der Waals surface area contributed by atoms with Crippen LogP contribution in [0.1, 0.15) is 31.4 Å². The smallest absolute Gasteiger partial charge is 0.234 e. The molecule has 1 aromatic carbocycles. The summed E-state index contributed by atoms with van der Waals surface area (Å²) in [6, 6.07) is 8.27. The molecular formula is C20H30N4O3. The van der Waals surface area contributed by atoms with Crippen LogP contribution in [0, 0.1) is 0 Å². The first-order valence-electron chi connectivity index (χ1n) is 9.71. The van der Waals surface area contributed by atoms with Crippen molar-refractivity contribution < 1.29 is 14.3 Å². The third-order valence-electron chi connectivity index (χ3n) is 5.50. The summed E-state index contributed by atoms with van der Waals surface area (Å²) in [6.45, 7) is 5.90. The van der Waals surface area contributed by atoms with Crippen LogP contribution >= 0.6 is 0 Å². The second kappa shape index (κ2) is 9.19. The maximum atomic E-state index is 12.6. The highest BCUT2D eigenvalue weighted by Gasteiger charge is 2.29. The van der Waals surface area contributed by atoms with Crippen LogP contribution in [0.3, 0.4) is 0 Å². The van der Waals surface area contributed by atoms with Crippen LogP contribution < -0.4 is 15.4 Å². The molecule has 3 rings (SSSR count). The summed E-state index contributed by atoms with van der Waals surface area (Å²) >= 11 is 0. The van der Waals surface area contributed by atoms with Gasteiger partial charge in [-0.2, -0.15) is 0 Å². The highest BCUT2D eigenvalue weighted by atomic mass is 16.5. The van der Waals surface area contributed by atoms with E-state index < -0.39 is 0 Å². The molecule has 2 aliphatic heterocycles. The lowest BCUT2D eigenvalue weighted by molar-refractivity contribution is -0.130. The quantitative estimate of drug-likeness (QED) is 0.796. The van der Waals surface area contributed by atoms with Crippen molar-refractivity contribution >= 4 is 11.8 Å². The second-order valence-electron chi connectivity index (χ2n) is 7.28. The number of ether oxygens (including phenoxy) is 1. The number of rotatable bonds is 5. The Hall–Kier alpha value is -2.12. The fourth-order valence-corrected chi connectivity index (χ4v) is 3.98. The van der Waals surface area contributed by atoms with Crippen LogP contribution in [0.5, 0.6) is 5.75 Å². The molecular weight excluding hydrogens is 344 g/mol. The molecule has 7 heteroatoms. The maximum absolute atomic E-state index is 12.6. The molecule has 2 N–H and O–H groups in total. The van der Waals surface area contributed by atoms with E-state index in [9.17, 15) is 9.59 Å². The molecule has 2 amide bonds. The number of nitrogens with one attached hydrogen (secondary N) is 2. The summed E-state index contributed by atoms with van der Waals surface area (Å²) in [5.41, 5.74) is 1.11. The Morgan fingerprint density at radius 2 is 1.96 bits per heavy atom.